The highest BCUT2D eigenvalue weighted by Crippen LogP contribution is 2.21. The van der Waals surface area contributed by atoms with E-state index in [-0.39, 0.29) is 11.9 Å². The second-order valence-corrected chi connectivity index (χ2v) is 3.92. The number of carbonyl (C=O) groups excluding carboxylic acids is 1. The minimum absolute atomic E-state index is 0.255. The Morgan fingerprint density at radius 3 is 2.36 bits per heavy atom. The molecule has 0 saturated heterocycles. The normalized spacial score (nSPS) is 13.9. The van der Waals surface area contributed by atoms with Gasteiger partial charge >= 0.3 is 6.18 Å². The molecule has 0 saturated carbocycles. The molecule has 84 valence electrons. The zero-order chi connectivity index (χ0) is 11.4. The number of hydrogen-bond acceptors (Lipinski definition) is 1. The van der Waals surface area contributed by atoms with E-state index in [1.54, 1.807) is 6.92 Å². The summed E-state index contributed by atoms with van der Waals surface area (Å²) in [5.41, 5.74) is 0. The van der Waals surface area contributed by atoms with Gasteiger partial charge in [-0.2, -0.15) is 13.2 Å². The molecular formula is C8H13ClF3NO. The average molecular weight is 232 g/mol. The lowest BCUT2D eigenvalue weighted by molar-refractivity contribution is -0.148. The quantitative estimate of drug-likeness (QED) is 0.681. The maximum absolute atomic E-state index is 11.7. The first-order chi connectivity index (χ1) is 6.22. The molecular weight excluding hydrogens is 219 g/mol. The van der Waals surface area contributed by atoms with Crippen LogP contribution in [0.15, 0.2) is 0 Å². The highest BCUT2D eigenvalue weighted by atomic mass is 35.5. The molecule has 1 unspecified atom stereocenters. The third-order valence-electron chi connectivity index (χ3n) is 1.57. The Hall–Kier alpha value is -0.450. The number of alkyl halides is 4. The monoisotopic (exact) mass is 231 g/mol. The van der Waals surface area contributed by atoms with E-state index in [0.29, 0.717) is 0 Å². The van der Waals surface area contributed by atoms with Gasteiger partial charge in [0.1, 0.15) is 0 Å². The van der Waals surface area contributed by atoms with Gasteiger partial charge in [0.2, 0.25) is 5.91 Å². The van der Waals surface area contributed by atoms with Crippen LogP contribution in [0.25, 0.3) is 0 Å². The van der Waals surface area contributed by atoms with Gasteiger partial charge in [-0.25, -0.2) is 0 Å². The largest absolute Gasteiger partial charge is 0.389 e. The molecule has 0 rings (SSSR count). The molecule has 0 heterocycles. The third-order valence-corrected chi connectivity index (χ3v) is 1.71. The number of nitrogens with zero attached hydrogens (tertiary/aromatic N) is 1. The van der Waals surface area contributed by atoms with Crippen molar-refractivity contribution in [1.29, 1.82) is 0 Å². The van der Waals surface area contributed by atoms with Crippen molar-refractivity contribution in [2.45, 2.75) is 31.3 Å². The van der Waals surface area contributed by atoms with Gasteiger partial charge in [0.15, 0.2) is 0 Å². The van der Waals surface area contributed by atoms with Crippen LogP contribution in [0.1, 0.15) is 19.8 Å². The average Bonchev–Trinajstić information content (AvgIpc) is 1.97. The maximum Gasteiger partial charge on any atom is 0.389 e. The van der Waals surface area contributed by atoms with Crippen LogP contribution in [-0.2, 0) is 4.79 Å². The zero-order valence-corrected chi connectivity index (χ0v) is 8.82. The van der Waals surface area contributed by atoms with Crippen LogP contribution in [0, 0.1) is 0 Å². The maximum atomic E-state index is 11.7. The van der Waals surface area contributed by atoms with Gasteiger partial charge in [-0.1, -0.05) is 0 Å². The molecule has 6 heteroatoms. The Morgan fingerprint density at radius 1 is 1.50 bits per heavy atom. The summed E-state index contributed by atoms with van der Waals surface area (Å²) >= 11 is 5.59. The number of halogens is 4. The predicted molar refractivity (Wildman–Crippen MR) is 48.2 cm³/mol. The van der Waals surface area contributed by atoms with Crippen molar-refractivity contribution in [3.05, 3.63) is 0 Å². The number of hydrogen-bond donors (Lipinski definition) is 0. The molecule has 0 aromatic heterocycles. The van der Waals surface area contributed by atoms with Crippen molar-refractivity contribution >= 4 is 17.5 Å². The molecule has 1 atom stereocenters. The molecule has 2 nitrogen and oxygen atoms in total. The third kappa shape index (κ3) is 7.00. The zero-order valence-electron chi connectivity index (χ0n) is 8.07. The lowest BCUT2D eigenvalue weighted by Crippen LogP contribution is -2.32. The summed E-state index contributed by atoms with van der Waals surface area (Å²) in [6, 6.07) is 0. The van der Waals surface area contributed by atoms with Crippen LogP contribution >= 0.6 is 11.6 Å². The van der Waals surface area contributed by atoms with Crippen molar-refractivity contribution in [2.24, 2.45) is 0 Å². The first-order valence-corrected chi connectivity index (χ1v) is 4.61. The van der Waals surface area contributed by atoms with Crippen LogP contribution in [0.3, 0.4) is 0 Å². The van der Waals surface area contributed by atoms with Crippen LogP contribution in [0.2, 0.25) is 0 Å². The molecule has 0 N–H and O–H groups in total. The number of rotatable bonds is 4. The van der Waals surface area contributed by atoms with E-state index >= 15 is 0 Å². The summed E-state index contributed by atoms with van der Waals surface area (Å²) in [7, 11) is 1.44. The summed E-state index contributed by atoms with van der Waals surface area (Å²) in [5.74, 6) is -0.533. The van der Waals surface area contributed by atoms with Crippen molar-refractivity contribution < 1.29 is 18.0 Å². The Bertz CT molecular complexity index is 194. The summed E-state index contributed by atoms with van der Waals surface area (Å²) in [4.78, 5) is 12.3. The fraction of sp³-hybridized carbons (Fsp3) is 0.875. The number of carbonyl (C=O) groups is 1. The van der Waals surface area contributed by atoms with Crippen molar-refractivity contribution in [2.75, 3.05) is 13.6 Å². The fourth-order valence-corrected chi connectivity index (χ4v) is 1.13. The Labute approximate surface area is 86.0 Å². The molecule has 0 spiro atoms. The van der Waals surface area contributed by atoms with E-state index in [1.165, 1.54) is 11.9 Å². The molecule has 0 aliphatic heterocycles. The lowest BCUT2D eigenvalue weighted by Gasteiger charge is -2.18. The Balaban J connectivity index is 3.85. The molecule has 0 bridgehead atoms. The summed E-state index contributed by atoms with van der Waals surface area (Å²) in [6.07, 6.45) is -5.86. The SMILES string of the molecule is CC(Cl)CN(C)C(=O)CCC(F)(F)F. The van der Waals surface area contributed by atoms with E-state index < -0.39 is 24.9 Å². The van der Waals surface area contributed by atoms with Crippen molar-refractivity contribution in [3.63, 3.8) is 0 Å². The predicted octanol–water partition coefficient (Wildman–Crippen LogP) is 2.41. The van der Waals surface area contributed by atoms with Crippen molar-refractivity contribution in [3.8, 4) is 0 Å². The van der Waals surface area contributed by atoms with E-state index in [1.807, 2.05) is 0 Å². The Kier molecular flexibility index (Phi) is 5.26. The second-order valence-electron chi connectivity index (χ2n) is 3.17. The molecule has 0 fully saturated rings. The van der Waals surface area contributed by atoms with Crippen LogP contribution in [-0.4, -0.2) is 36.0 Å². The van der Waals surface area contributed by atoms with Crippen LogP contribution in [0.4, 0.5) is 13.2 Å². The summed E-state index contributed by atoms with van der Waals surface area (Å²) < 4.78 is 35.2. The van der Waals surface area contributed by atoms with Crippen LogP contribution < -0.4 is 0 Å². The Morgan fingerprint density at radius 2 is 2.00 bits per heavy atom. The van der Waals surface area contributed by atoms with Gasteiger partial charge in [0.25, 0.3) is 0 Å². The summed E-state index contributed by atoms with van der Waals surface area (Å²) in [5, 5.41) is -0.255. The molecule has 1 amide bonds. The lowest BCUT2D eigenvalue weighted by atomic mass is 10.2. The van der Waals surface area contributed by atoms with Crippen molar-refractivity contribution in [1.82, 2.24) is 4.90 Å². The molecule has 0 aromatic rings. The highest BCUT2D eigenvalue weighted by Gasteiger charge is 2.28. The van der Waals surface area contributed by atoms with E-state index in [4.69, 9.17) is 11.6 Å². The smallest absolute Gasteiger partial charge is 0.344 e. The van der Waals surface area contributed by atoms with E-state index in [0.717, 1.165) is 0 Å². The molecule has 0 aromatic carbocycles. The van der Waals surface area contributed by atoms with Gasteiger partial charge in [0.05, 0.1) is 6.42 Å². The molecule has 0 aliphatic carbocycles. The fourth-order valence-electron chi connectivity index (χ4n) is 0.919. The first kappa shape index (κ1) is 13.5. The van der Waals surface area contributed by atoms with Gasteiger partial charge in [-0.15, -0.1) is 11.6 Å². The first-order valence-electron chi connectivity index (χ1n) is 4.17. The topological polar surface area (TPSA) is 20.3 Å². The van der Waals surface area contributed by atoms with Crippen LogP contribution in [0.5, 0.6) is 0 Å². The minimum atomic E-state index is -4.27. The standard InChI is InChI=1S/C8H13ClF3NO/c1-6(9)5-13(2)7(14)3-4-8(10,11)12/h6H,3-5H2,1-2H3. The molecule has 0 radical (unpaired) electrons. The van der Waals surface area contributed by atoms with Gasteiger partial charge in [-0.3, -0.25) is 4.79 Å². The van der Waals surface area contributed by atoms with Gasteiger partial charge < -0.3 is 4.90 Å². The van der Waals surface area contributed by atoms with E-state index in [9.17, 15) is 18.0 Å². The molecule has 14 heavy (non-hydrogen) atoms. The molecule has 0 aliphatic rings. The van der Waals surface area contributed by atoms with Gasteiger partial charge in [-0.05, 0) is 6.92 Å². The minimum Gasteiger partial charge on any atom is -0.344 e. The van der Waals surface area contributed by atoms with Gasteiger partial charge in [0, 0.05) is 25.4 Å². The van der Waals surface area contributed by atoms with E-state index in [2.05, 4.69) is 0 Å². The summed E-state index contributed by atoms with van der Waals surface area (Å²) in [6.45, 7) is 1.94. The second kappa shape index (κ2) is 5.44. The highest BCUT2D eigenvalue weighted by molar-refractivity contribution is 6.20. The number of amides is 1.